The van der Waals surface area contributed by atoms with E-state index in [1.54, 1.807) is 6.92 Å². The third-order valence-corrected chi connectivity index (χ3v) is 3.77. The number of ether oxygens (including phenoxy) is 1. The average Bonchev–Trinajstić information content (AvgIpc) is 2.67. The molecule has 0 aliphatic carbocycles. The Hall–Kier alpha value is -1.09. The van der Waals surface area contributed by atoms with E-state index in [0.29, 0.717) is 5.57 Å². The lowest BCUT2D eigenvalue weighted by atomic mass is 10.0. The number of aliphatic hydroxyl groups is 1. The lowest BCUT2D eigenvalue weighted by molar-refractivity contribution is -0.138. The molecule has 3 nitrogen and oxygen atoms in total. The molecule has 0 aromatic heterocycles. The SMILES string of the molecule is C=CCCCCCCCCCC=C1C(=O)O[C@@H](C)[C@@H]1O. The zero-order valence-corrected chi connectivity index (χ0v) is 12.6. The van der Waals surface area contributed by atoms with E-state index in [0.717, 1.165) is 19.3 Å². The summed E-state index contributed by atoms with van der Waals surface area (Å²) in [7, 11) is 0. The fourth-order valence-electron chi connectivity index (χ4n) is 2.45. The Kier molecular flexibility index (Phi) is 8.28. The Balaban J connectivity index is 2.02. The molecule has 1 aliphatic rings. The van der Waals surface area contributed by atoms with Crippen molar-refractivity contribution in [3.05, 3.63) is 24.3 Å². The fraction of sp³-hybridized carbons (Fsp3) is 0.706. The van der Waals surface area contributed by atoms with E-state index >= 15 is 0 Å². The molecule has 0 aromatic rings. The highest BCUT2D eigenvalue weighted by Gasteiger charge is 2.34. The van der Waals surface area contributed by atoms with Crippen molar-refractivity contribution in [1.82, 2.24) is 0 Å². The van der Waals surface area contributed by atoms with Crippen molar-refractivity contribution in [3.63, 3.8) is 0 Å². The van der Waals surface area contributed by atoms with Crippen molar-refractivity contribution in [1.29, 1.82) is 0 Å². The van der Waals surface area contributed by atoms with Crippen molar-refractivity contribution >= 4 is 5.97 Å². The Morgan fingerprint density at radius 1 is 1.10 bits per heavy atom. The quantitative estimate of drug-likeness (QED) is 0.285. The van der Waals surface area contributed by atoms with Gasteiger partial charge in [0.1, 0.15) is 12.2 Å². The predicted octanol–water partition coefficient (Wildman–Crippen LogP) is 3.92. The summed E-state index contributed by atoms with van der Waals surface area (Å²) in [6.45, 7) is 5.44. The van der Waals surface area contributed by atoms with Gasteiger partial charge in [-0.2, -0.15) is 0 Å². The van der Waals surface area contributed by atoms with E-state index in [1.807, 2.05) is 12.2 Å². The van der Waals surface area contributed by atoms with Crippen LogP contribution in [0.1, 0.15) is 64.7 Å². The lowest BCUT2D eigenvalue weighted by Crippen LogP contribution is -2.17. The maximum atomic E-state index is 11.4. The highest BCUT2D eigenvalue weighted by molar-refractivity contribution is 5.92. The molecule has 114 valence electrons. The molecule has 2 atom stereocenters. The van der Waals surface area contributed by atoms with Crippen LogP contribution in [-0.2, 0) is 9.53 Å². The van der Waals surface area contributed by atoms with Crippen molar-refractivity contribution in [3.8, 4) is 0 Å². The zero-order chi connectivity index (χ0) is 14.8. The molecule has 0 aromatic carbocycles. The van der Waals surface area contributed by atoms with Gasteiger partial charge in [-0.05, 0) is 32.6 Å². The summed E-state index contributed by atoms with van der Waals surface area (Å²) >= 11 is 0. The topological polar surface area (TPSA) is 46.5 Å². The Morgan fingerprint density at radius 2 is 1.65 bits per heavy atom. The van der Waals surface area contributed by atoms with Gasteiger partial charge in [-0.15, -0.1) is 6.58 Å². The van der Waals surface area contributed by atoms with Crippen LogP contribution in [0.25, 0.3) is 0 Å². The van der Waals surface area contributed by atoms with Gasteiger partial charge < -0.3 is 9.84 Å². The van der Waals surface area contributed by atoms with Crippen molar-refractivity contribution < 1.29 is 14.6 Å². The van der Waals surface area contributed by atoms with Crippen molar-refractivity contribution in [2.24, 2.45) is 0 Å². The second kappa shape index (κ2) is 9.76. The number of allylic oxidation sites excluding steroid dienone is 2. The first-order valence-electron chi connectivity index (χ1n) is 7.86. The van der Waals surface area contributed by atoms with Gasteiger partial charge in [0.05, 0.1) is 5.57 Å². The predicted molar refractivity (Wildman–Crippen MR) is 81.4 cm³/mol. The molecule has 0 amide bonds. The monoisotopic (exact) mass is 280 g/mol. The highest BCUT2D eigenvalue weighted by Crippen LogP contribution is 2.22. The summed E-state index contributed by atoms with van der Waals surface area (Å²) in [6.07, 6.45) is 13.3. The van der Waals surface area contributed by atoms with E-state index in [4.69, 9.17) is 4.74 Å². The number of hydrogen-bond acceptors (Lipinski definition) is 3. The zero-order valence-electron chi connectivity index (χ0n) is 12.6. The standard InChI is InChI=1S/C17H28O3/c1-3-4-5-6-7-8-9-10-11-12-13-15-16(18)14(2)20-17(15)19/h3,13-14,16,18H,1,4-12H2,2H3/t14-,16-/m0/s1. The van der Waals surface area contributed by atoms with Gasteiger partial charge in [-0.25, -0.2) is 4.79 Å². The fourth-order valence-corrected chi connectivity index (χ4v) is 2.45. The van der Waals surface area contributed by atoms with Gasteiger partial charge in [0.2, 0.25) is 0 Å². The number of carbonyl (C=O) groups is 1. The van der Waals surface area contributed by atoms with E-state index in [9.17, 15) is 9.90 Å². The van der Waals surface area contributed by atoms with Crippen LogP contribution in [0.5, 0.6) is 0 Å². The molecular formula is C17H28O3. The minimum Gasteiger partial charge on any atom is -0.456 e. The molecule has 0 unspecified atom stereocenters. The van der Waals surface area contributed by atoms with Crippen LogP contribution < -0.4 is 0 Å². The maximum absolute atomic E-state index is 11.4. The number of hydrogen-bond donors (Lipinski definition) is 1. The van der Waals surface area contributed by atoms with Gasteiger partial charge >= 0.3 is 5.97 Å². The lowest BCUT2D eigenvalue weighted by Gasteiger charge is -2.04. The number of rotatable bonds is 10. The summed E-state index contributed by atoms with van der Waals surface area (Å²) in [5.74, 6) is -0.354. The van der Waals surface area contributed by atoms with E-state index < -0.39 is 12.2 Å². The Bertz CT molecular complexity index is 333. The summed E-state index contributed by atoms with van der Waals surface area (Å²) in [6, 6.07) is 0. The maximum Gasteiger partial charge on any atom is 0.336 e. The molecule has 0 radical (unpaired) electrons. The molecule has 1 saturated heterocycles. The van der Waals surface area contributed by atoms with E-state index in [2.05, 4.69) is 6.58 Å². The molecule has 1 N–H and O–H groups in total. The summed E-state index contributed by atoms with van der Waals surface area (Å²) < 4.78 is 4.96. The van der Waals surface area contributed by atoms with Crippen LogP contribution in [0.4, 0.5) is 0 Å². The third-order valence-electron chi connectivity index (χ3n) is 3.77. The number of carbonyl (C=O) groups excluding carboxylic acids is 1. The molecule has 0 saturated carbocycles. The summed E-state index contributed by atoms with van der Waals surface area (Å²) in [4.78, 5) is 11.4. The number of cyclic esters (lactones) is 1. The molecule has 0 bridgehead atoms. The van der Waals surface area contributed by atoms with E-state index in [1.165, 1.54) is 38.5 Å². The minimum absolute atomic E-state index is 0.354. The van der Waals surface area contributed by atoms with Crippen LogP contribution in [-0.4, -0.2) is 23.3 Å². The van der Waals surface area contributed by atoms with Gasteiger partial charge in [-0.1, -0.05) is 44.3 Å². The largest absolute Gasteiger partial charge is 0.456 e. The van der Waals surface area contributed by atoms with Gasteiger partial charge in [0.15, 0.2) is 0 Å². The summed E-state index contributed by atoms with van der Waals surface area (Å²) in [5.41, 5.74) is 0.446. The average molecular weight is 280 g/mol. The first kappa shape index (κ1) is 17.0. The van der Waals surface area contributed by atoms with E-state index in [-0.39, 0.29) is 5.97 Å². The third kappa shape index (κ3) is 5.91. The molecular weight excluding hydrogens is 252 g/mol. The highest BCUT2D eigenvalue weighted by atomic mass is 16.6. The van der Waals surface area contributed by atoms with Crippen LogP contribution in [0.2, 0.25) is 0 Å². The molecule has 0 spiro atoms. The minimum atomic E-state index is -0.743. The molecule has 1 aliphatic heterocycles. The first-order chi connectivity index (χ1) is 9.66. The van der Waals surface area contributed by atoms with Crippen LogP contribution in [0, 0.1) is 0 Å². The van der Waals surface area contributed by atoms with Gasteiger partial charge in [0, 0.05) is 0 Å². The molecule has 20 heavy (non-hydrogen) atoms. The first-order valence-corrected chi connectivity index (χ1v) is 7.86. The smallest absolute Gasteiger partial charge is 0.336 e. The number of esters is 1. The van der Waals surface area contributed by atoms with Crippen LogP contribution in [0.15, 0.2) is 24.3 Å². The normalized spacial score (nSPS) is 24.1. The second-order valence-corrected chi connectivity index (χ2v) is 5.56. The van der Waals surface area contributed by atoms with Crippen LogP contribution in [0.3, 0.4) is 0 Å². The molecule has 1 fully saturated rings. The van der Waals surface area contributed by atoms with Crippen molar-refractivity contribution in [2.45, 2.75) is 76.9 Å². The Morgan fingerprint density at radius 3 is 2.15 bits per heavy atom. The van der Waals surface area contributed by atoms with Gasteiger partial charge in [0.25, 0.3) is 0 Å². The van der Waals surface area contributed by atoms with Crippen molar-refractivity contribution in [2.75, 3.05) is 0 Å². The second-order valence-electron chi connectivity index (χ2n) is 5.56. The number of unbranched alkanes of at least 4 members (excludes halogenated alkanes) is 8. The van der Waals surface area contributed by atoms with Crippen LogP contribution >= 0.6 is 0 Å². The number of aliphatic hydroxyl groups excluding tert-OH is 1. The molecule has 1 rings (SSSR count). The summed E-state index contributed by atoms with van der Waals surface area (Å²) in [5, 5.41) is 9.75. The Labute approximate surface area is 122 Å². The molecule has 3 heteroatoms. The molecule has 1 heterocycles. The van der Waals surface area contributed by atoms with Gasteiger partial charge in [-0.3, -0.25) is 0 Å².